The number of carbonyl (C=O) groups excluding carboxylic acids is 3. The van der Waals surface area contributed by atoms with E-state index < -0.39 is 34.3 Å². The van der Waals surface area contributed by atoms with E-state index in [0.29, 0.717) is 26.2 Å². The fourth-order valence-electron chi connectivity index (χ4n) is 4.04. The molecule has 0 aliphatic carbocycles. The molecule has 2 heterocycles. The summed E-state index contributed by atoms with van der Waals surface area (Å²) in [5, 5.41) is 2.51. The Balaban J connectivity index is 1.21. The highest BCUT2D eigenvalue weighted by Crippen LogP contribution is 2.21. The van der Waals surface area contributed by atoms with E-state index >= 15 is 0 Å². The third-order valence-electron chi connectivity index (χ3n) is 5.84. The fourth-order valence-corrected chi connectivity index (χ4v) is 5.38. The van der Waals surface area contributed by atoms with Crippen LogP contribution in [0.1, 0.15) is 26.3 Å². The number of nitrogens with zero attached hydrogens (tertiary/aromatic N) is 3. The Hall–Kier alpha value is -3.08. The van der Waals surface area contributed by atoms with Crippen molar-refractivity contribution in [1.29, 1.82) is 0 Å². The van der Waals surface area contributed by atoms with Crippen LogP contribution < -0.4 is 5.32 Å². The first-order valence-corrected chi connectivity index (χ1v) is 12.4. The number of sulfonamides is 1. The Morgan fingerprint density at radius 1 is 0.848 bits per heavy atom. The molecule has 10 heteroatoms. The number of carbonyl (C=O) groups is 3. The van der Waals surface area contributed by atoms with Crippen LogP contribution in [0.4, 0.5) is 0 Å². The van der Waals surface area contributed by atoms with Gasteiger partial charge in [-0.3, -0.25) is 24.2 Å². The molecule has 0 aromatic heterocycles. The van der Waals surface area contributed by atoms with Crippen LogP contribution in [0.15, 0.2) is 54.6 Å². The molecule has 2 aliphatic rings. The van der Waals surface area contributed by atoms with Gasteiger partial charge in [-0.2, -0.15) is 4.31 Å². The van der Waals surface area contributed by atoms with Gasteiger partial charge in [-0.1, -0.05) is 42.5 Å². The smallest absolute Gasteiger partial charge is 0.262 e. The molecule has 2 aromatic rings. The van der Waals surface area contributed by atoms with E-state index in [9.17, 15) is 22.8 Å². The monoisotopic (exact) mass is 470 g/mol. The Kier molecular flexibility index (Phi) is 6.87. The van der Waals surface area contributed by atoms with Crippen molar-refractivity contribution >= 4 is 27.7 Å². The highest BCUT2D eigenvalue weighted by Gasteiger charge is 2.36. The molecule has 0 bridgehead atoms. The van der Waals surface area contributed by atoms with Crippen molar-refractivity contribution in [2.75, 3.05) is 45.0 Å². The standard InChI is InChI=1S/C23H26N4O5S/c28-21(17-27-22(29)19-8-4-5-9-20(19)23(27)30)24-10-15-33(31,32)26-13-11-25(12-14-26)16-18-6-2-1-3-7-18/h1-9H,10-17H2,(H,24,28). The minimum Gasteiger partial charge on any atom is -0.353 e. The molecule has 0 radical (unpaired) electrons. The van der Waals surface area contributed by atoms with E-state index in [0.717, 1.165) is 11.4 Å². The molecule has 0 spiro atoms. The molecule has 3 amide bonds. The van der Waals surface area contributed by atoms with Crippen molar-refractivity contribution < 1.29 is 22.8 Å². The molecule has 0 unspecified atom stereocenters. The lowest BCUT2D eigenvalue weighted by Crippen LogP contribution is -2.50. The van der Waals surface area contributed by atoms with Crippen LogP contribution in [0.3, 0.4) is 0 Å². The number of hydrogen-bond donors (Lipinski definition) is 1. The summed E-state index contributed by atoms with van der Waals surface area (Å²) in [7, 11) is -3.52. The van der Waals surface area contributed by atoms with Gasteiger partial charge in [-0.25, -0.2) is 8.42 Å². The molecule has 0 atom stereocenters. The minimum atomic E-state index is -3.52. The third-order valence-corrected chi connectivity index (χ3v) is 7.71. The van der Waals surface area contributed by atoms with Crippen molar-refractivity contribution in [3.8, 4) is 0 Å². The number of fused-ring (bicyclic) bond motifs is 1. The van der Waals surface area contributed by atoms with E-state index in [2.05, 4.69) is 10.2 Å². The fraction of sp³-hybridized carbons (Fsp3) is 0.348. The molecule has 9 nitrogen and oxygen atoms in total. The van der Waals surface area contributed by atoms with Gasteiger partial charge in [-0.15, -0.1) is 0 Å². The lowest BCUT2D eigenvalue weighted by Gasteiger charge is -2.34. The molecule has 1 N–H and O–H groups in total. The summed E-state index contributed by atoms with van der Waals surface area (Å²) in [4.78, 5) is 40.0. The SMILES string of the molecule is O=C(CN1C(=O)c2ccccc2C1=O)NCCS(=O)(=O)N1CCN(Cc2ccccc2)CC1. The van der Waals surface area contributed by atoms with Crippen LogP contribution in [-0.2, 0) is 21.4 Å². The van der Waals surface area contributed by atoms with Crippen molar-refractivity contribution in [2.45, 2.75) is 6.54 Å². The maximum Gasteiger partial charge on any atom is 0.262 e. The van der Waals surface area contributed by atoms with Crippen LogP contribution >= 0.6 is 0 Å². The molecule has 0 saturated carbocycles. The highest BCUT2D eigenvalue weighted by atomic mass is 32.2. The average Bonchev–Trinajstić information content (AvgIpc) is 3.05. The molecular weight excluding hydrogens is 444 g/mol. The van der Waals surface area contributed by atoms with Gasteiger partial charge in [0.15, 0.2) is 0 Å². The second-order valence-electron chi connectivity index (χ2n) is 8.07. The Morgan fingerprint density at radius 3 is 2.03 bits per heavy atom. The van der Waals surface area contributed by atoms with E-state index in [-0.39, 0.29) is 23.4 Å². The molecule has 2 aromatic carbocycles. The zero-order valence-electron chi connectivity index (χ0n) is 18.1. The van der Waals surface area contributed by atoms with Gasteiger partial charge in [0.2, 0.25) is 15.9 Å². The molecular formula is C23H26N4O5S. The zero-order chi connectivity index (χ0) is 23.4. The van der Waals surface area contributed by atoms with E-state index in [4.69, 9.17) is 0 Å². The molecule has 4 rings (SSSR count). The molecule has 2 aliphatic heterocycles. The number of hydrogen-bond acceptors (Lipinski definition) is 6. The summed E-state index contributed by atoms with van der Waals surface area (Å²) < 4.78 is 26.8. The number of nitrogens with one attached hydrogen (secondary N) is 1. The predicted molar refractivity (Wildman–Crippen MR) is 122 cm³/mol. The number of imide groups is 1. The first kappa shape index (κ1) is 23.1. The topological polar surface area (TPSA) is 107 Å². The predicted octanol–water partition coefficient (Wildman–Crippen LogP) is 0.546. The highest BCUT2D eigenvalue weighted by molar-refractivity contribution is 7.89. The van der Waals surface area contributed by atoms with Crippen LogP contribution in [0.2, 0.25) is 0 Å². The van der Waals surface area contributed by atoms with Crippen molar-refractivity contribution in [2.24, 2.45) is 0 Å². The van der Waals surface area contributed by atoms with Gasteiger partial charge in [-0.05, 0) is 17.7 Å². The maximum absolute atomic E-state index is 12.7. The van der Waals surface area contributed by atoms with Gasteiger partial charge >= 0.3 is 0 Å². The Labute approximate surface area is 193 Å². The lowest BCUT2D eigenvalue weighted by atomic mass is 10.1. The zero-order valence-corrected chi connectivity index (χ0v) is 19.0. The molecule has 1 fully saturated rings. The summed E-state index contributed by atoms with van der Waals surface area (Å²) in [5.74, 6) is -1.86. The van der Waals surface area contributed by atoms with Crippen molar-refractivity contribution in [3.05, 3.63) is 71.3 Å². The number of benzene rings is 2. The third kappa shape index (κ3) is 5.29. The van der Waals surface area contributed by atoms with Crippen molar-refractivity contribution in [3.63, 3.8) is 0 Å². The van der Waals surface area contributed by atoms with Gasteiger partial charge in [0, 0.05) is 39.3 Å². The first-order valence-electron chi connectivity index (χ1n) is 10.8. The molecule has 174 valence electrons. The molecule has 33 heavy (non-hydrogen) atoms. The van der Waals surface area contributed by atoms with Crippen LogP contribution in [-0.4, -0.2) is 85.3 Å². The van der Waals surface area contributed by atoms with Crippen LogP contribution in [0.5, 0.6) is 0 Å². The second kappa shape index (κ2) is 9.82. The summed E-state index contributed by atoms with van der Waals surface area (Å²) in [6.07, 6.45) is 0. The summed E-state index contributed by atoms with van der Waals surface area (Å²) in [6, 6.07) is 16.4. The van der Waals surface area contributed by atoms with E-state index in [1.807, 2.05) is 30.3 Å². The van der Waals surface area contributed by atoms with E-state index in [1.165, 1.54) is 9.87 Å². The number of amides is 3. The van der Waals surface area contributed by atoms with Gasteiger partial charge < -0.3 is 5.32 Å². The van der Waals surface area contributed by atoms with Gasteiger partial charge in [0.25, 0.3) is 11.8 Å². The largest absolute Gasteiger partial charge is 0.353 e. The number of piperazine rings is 1. The Morgan fingerprint density at radius 2 is 1.42 bits per heavy atom. The summed E-state index contributed by atoms with van der Waals surface area (Å²) in [6.45, 7) is 2.33. The minimum absolute atomic E-state index is 0.0887. The van der Waals surface area contributed by atoms with Crippen LogP contribution in [0, 0.1) is 0 Å². The maximum atomic E-state index is 12.7. The Bertz CT molecular complexity index is 1110. The van der Waals surface area contributed by atoms with Crippen LogP contribution in [0.25, 0.3) is 0 Å². The number of rotatable bonds is 8. The average molecular weight is 471 g/mol. The van der Waals surface area contributed by atoms with Crippen molar-refractivity contribution in [1.82, 2.24) is 19.4 Å². The van der Waals surface area contributed by atoms with Gasteiger partial charge in [0.1, 0.15) is 6.54 Å². The molecule has 1 saturated heterocycles. The quantitative estimate of drug-likeness (QED) is 0.565. The second-order valence-corrected chi connectivity index (χ2v) is 10.2. The normalized spacial score (nSPS) is 17.3. The summed E-state index contributed by atoms with van der Waals surface area (Å²) in [5.41, 5.74) is 1.73. The lowest BCUT2D eigenvalue weighted by molar-refractivity contribution is -0.121. The van der Waals surface area contributed by atoms with Gasteiger partial charge in [0.05, 0.1) is 16.9 Å². The van der Waals surface area contributed by atoms with E-state index in [1.54, 1.807) is 24.3 Å². The first-order chi connectivity index (χ1) is 15.8. The summed E-state index contributed by atoms with van der Waals surface area (Å²) >= 11 is 0.